The summed E-state index contributed by atoms with van der Waals surface area (Å²) in [4.78, 5) is 14.5. The molecule has 1 aliphatic heterocycles. The van der Waals surface area contributed by atoms with E-state index in [1.165, 1.54) is 0 Å². The summed E-state index contributed by atoms with van der Waals surface area (Å²) < 4.78 is 0. The van der Waals surface area contributed by atoms with E-state index in [0.29, 0.717) is 6.54 Å². The van der Waals surface area contributed by atoms with Gasteiger partial charge in [0.05, 0.1) is 0 Å². The molecule has 1 saturated heterocycles. The van der Waals surface area contributed by atoms with Gasteiger partial charge in [-0.05, 0) is 31.6 Å². The first-order valence-electron chi connectivity index (χ1n) is 6.73. The number of hydrazine groups is 1. The second-order valence-corrected chi connectivity index (χ2v) is 4.93. The highest BCUT2D eigenvalue weighted by Gasteiger charge is 2.17. The maximum atomic E-state index is 12.3. The highest BCUT2D eigenvalue weighted by molar-refractivity contribution is 5.95. The van der Waals surface area contributed by atoms with Gasteiger partial charge in [-0.3, -0.25) is 10.2 Å². The van der Waals surface area contributed by atoms with Crippen molar-refractivity contribution in [3.8, 4) is 0 Å². The lowest BCUT2D eigenvalue weighted by Gasteiger charge is -2.32. The van der Waals surface area contributed by atoms with Gasteiger partial charge < -0.3 is 10.6 Å². The number of nitrogens with zero attached hydrogens (tertiary/aromatic N) is 2. The Balaban J connectivity index is 1.99. The van der Waals surface area contributed by atoms with Gasteiger partial charge in [0, 0.05) is 31.7 Å². The number of hydrogen-bond donors (Lipinski definition) is 2. The standard InChI is InChI=1S/C14H22N4O/c1-17-8-10-18(11-9-17)16-14(19)13-5-3-2-4-12(13)6-7-15/h2-5H,6-11,15H2,1H3,(H,16,19). The van der Waals surface area contributed by atoms with Crippen LogP contribution in [0.3, 0.4) is 0 Å². The first kappa shape index (κ1) is 14.0. The zero-order valence-electron chi connectivity index (χ0n) is 11.4. The van der Waals surface area contributed by atoms with Gasteiger partial charge in [-0.2, -0.15) is 0 Å². The number of nitrogens with one attached hydrogen (secondary N) is 1. The molecule has 5 heteroatoms. The van der Waals surface area contributed by atoms with Gasteiger partial charge in [-0.1, -0.05) is 18.2 Å². The average molecular weight is 262 g/mol. The summed E-state index contributed by atoms with van der Waals surface area (Å²) in [6.45, 7) is 4.23. The quantitative estimate of drug-likeness (QED) is 0.807. The van der Waals surface area contributed by atoms with Crippen LogP contribution in [0, 0.1) is 0 Å². The lowest BCUT2D eigenvalue weighted by atomic mass is 10.0. The van der Waals surface area contributed by atoms with Crippen LogP contribution in [0.15, 0.2) is 24.3 Å². The first-order valence-corrected chi connectivity index (χ1v) is 6.73. The van der Waals surface area contributed by atoms with Crippen LogP contribution in [0.2, 0.25) is 0 Å². The van der Waals surface area contributed by atoms with Crippen molar-refractivity contribution in [2.45, 2.75) is 6.42 Å². The van der Waals surface area contributed by atoms with E-state index in [1.807, 2.05) is 29.3 Å². The molecule has 0 bridgehead atoms. The molecule has 1 heterocycles. The summed E-state index contributed by atoms with van der Waals surface area (Å²) in [7, 11) is 2.09. The van der Waals surface area contributed by atoms with Crippen LogP contribution < -0.4 is 11.2 Å². The van der Waals surface area contributed by atoms with Gasteiger partial charge >= 0.3 is 0 Å². The number of carbonyl (C=O) groups is 1. The molecule has 2 rings (SSSR count). The lowest BCUT2D eigenvalue weighted by molar-refractivity contribution is 0.0661. The molecule has 104 valence electrons. The summed E-state index contributed by atoms with van der Waals surface area (Å²) >= 11 is 0. The van der Waals surface area contributed by atoms with E-state index in [0.717, 1.165) is 43.7 Å². The molecule has 0 unspecified atom stereocenters. The zero-order valence-corrected chi connectivity index (χ0v) is 11.4. The van der Waals surface area contributed by atoms with Crippen molar-refractivity contribution in [2.24, 2.45) is 5.73 Å². The van der Waals surface area contributed by atoms with Crippen LogP contribution in [0.5, 0.6) is 0 Å². The maximum Gasteiger partial charge on any atom is 0.265 e. The predicted molar refractivity (Wildman–Crippen MR) is 75.7 cm³/mol. The molecule has 1 amide bonds. The SMILES string of the molecule is CN1CCN(NC(=O)c2ccccc2CCN)CC1. The largest absolute Gasteiger partial charge is 0.330 e. The Labute approximate surface area is 114 Å². The third-order valence-electron chi connectivity index (χ3n) is 3.44. The van der Waals surface area contributed by atoms with Gasteiger partial charge in [-0.15, -0.1) is 0 Å². The van der Waals surface area contributed by atoms with Crippen LogP contribution in [-0.2, 0) is 6.42 Å². The number of amides is 1. The molecule has 0 aromatic heterocycles. The Kier molecular flexibility index (Phi) is 4.90. The maximum absolute atomic E-state index is 12.3. The molecule has 0 radical (unpaired) electrons. The van der Waals surface area contributed by atoms with Gasteiger partial charge in [-0.25, -0.2) is 5.01 Å². The molecule has 3 N–H and O–H groups in total. The fourth-order valence-electron chi connectivity index (χ4n) is 2.24. The van der Waals surface area contributed by atoms with E-state index in [2.05, 4.69) is 17.4 Å². The van der Waals surface area contributed by atoms with Crippen molar-refractivity contribution in [3.05, 3.63) is 35.4 Å². The van der Waals surface area contributed by atoms with Gasteiger partial charge in [0.25, 0.3) is 5.91 Å². The first-order chi connectivity index (χ1) is 9.20. The van der Waals surface area contributed by atoms with Crippen molar-refractivity contribution in [3.63, 3.8) is 0 Å². The molecule has 1 aromatic rings. The lowest BCUT2D eigenvalue weighted by Crippen LogP contribution is -2.52. The number of likely N-dealkylation sites (N-methyl/N-ethyl adjacent to an activating group) is 1. The number of hydrogen-bond acceptors (Lipinski definition) is 4. The van der Waals surface area contributed by atoms with Gasteiger partial charge in [0.2, 0.25) is 0 Å². The summed E-state index contributed by atoms with van der Waals surface area (Å²) in [5.74, 6) is -0.0337. The topological polar surface area (TPSA) is 61.6 Å². The molecule has 0 atom stereocenters. The highest BCUT2D eigenvalue weighted by atomic mass is 16.2. The van der Waals surface area contributed by atoms with Crippen LogP contribution in [0.1, 0.15) is 15.9 Å². The van der Waals surface area contributed by atoms with Gasteiger partial charge in [0.15, 0.2) is 0 Å². The fraction of sp³-hybridized carbons (Fsp3) is 0.500. The van der Waals surface area contributed by atoms with Crippen molar-refractivity contribution in [2.75, 3.05) is 39.8 Å². The molecular formula is C14H22N4O. The van der Waals surface area contributed by atoms with E-state index < -0.39 is 0 Å². The van der Waals surface area contributed by atoms with Crippen molar-refractivity contribution >= 4 is 5.91 Å². The van der Waals surface area contributed by atoms with Crippen LogP contribution in [0.25, 0.3) is 0 Å². The summed E-state index contributed by atoms with van der Waals surface area (Å²) in [6, 6.07) is 7.65. The fourth-order valence-corrected chi connectivity index (χ4v) is 2.24. The number of rotatable bonds is 4. The number of carbonyl (C=O) groups excluding carboxylic acids is 1. The highest BCUT2D eigenvalue weighted by Crippen LogP contribution is 2.09. The Morgan fingerprint density at radius 2 is 1.95 bits per heavy atom. The Hall–Kier alpha value is -1.43. The third kappa shape index (κ3) is 3.76. The molecule has 1 fully saturated rings. The molecule has 19 heavy (non-hydrogen) atoms. The number of nitrogens with two attached hydrogens (primary N) is 1. The Morgan fingerprint density at radius 1 is 1.26 bits per heavy atom. The van der Waals surface area contributed by atoms with Crippen LogP contribution in [0.4, 0.5) is 0 Å². The van der Waals surface area contributed by atoms with E-state index >= 15 is 0 Å². The molecule has 0 spiro atoms. The van der Waals surface area contributed by atoms with Crippen LogP contribution in [-0.4, -0.2) is 55.6 Å². The minimum Gasteiger partial charge on any atom is -0.330 e. The Bertz CT molecular complexity index is 427. The van der Waals surface area contributed by atoms with Gasteiger partial charge in [0.1, 0.15) is 0 Å². The average Bonchev–Trinajstić information content (AvgIpc) is 2.42. The second kappa shape index (κ2) is 6.65. The molecule has 0 saturated carbocycles. The second-order valence-electron chi connectivity index (χ2n) is 4.93. The van der Waals surface area contributed by atoms with E-state index in [1.54, 1.807) is 0 Å². The monoisotopic (exact) mass is 262 g/mol. The third-order valence-corrected chi connectivity index (χ3v) is 3.44. The van der Waals surface area contributed by atoms with E-state index in [9.17, 15) is 4.79 Å². The number of benzene rings is 1. The van der Waals surface area contributed by atoms with E-state index in [4.69, 9.17) is 5.73 Å². The summed E-state index contributed by atoms with van der Waals surface area (Å²) in [5, 5.41) is 1.99. The molecular weight excluding hydrogens is 240 g/mol. The van der Waals surface area contributed by atoms with Crippen molar-refractivity contribution < 1.29 is 4.79 Å². The molecule has 5 nitrogen and oxygen atoms in total. The minimum absolute atomic E-state index is 0.0337. The summed E-state index contributed by atoms with van der Waals surface area (Å²) in [5.41, 5.74) is 10.3. The zero-order chi connectivity index (χ0) is 13.7. The smallest absolute Gasteiger partial charge is 0.265 e. The molecule has 0 aliphatic carbocycles. The Morgan fingerprint density at radius 3 is 2.63 bits per heavy atom. The molecule has 1 aliphatic rings. The normalized spacial score (nSPS) is 17.4. The summed E-state index contributed by atoms with van der Waals surface area (Å²) in [6.07, 6.45) is 0.729. The van der Waals surface area contributed by atoms with Crippen molar-refractivity contribution in [1.82, 2.24) is 15.3 Å². The minimum atomic E-state index is -0.0337. The number of piperazine rings is 1. The van der Waals surface area contributed by atoms with Crippen molar-refractivity contribution in [1.29, 1.82) is 0 Å². The predicted octanol–water partition coefficient (Wildman–Crippen LogP) is 0.0800. The van der Waals surface area contributed by atoms with Crippen LogP contribution >= 0.6 is 0 Å². The molecule has 1 aromatic carbocycles. The van der Waals surface area contributed by atoms with E-state index in [-0.39, 0.29) is 5.91 Å².